The minimum Gasteiger partial charge on any atom is -0.313 e. The van der Waals surface area contributed by atoms with E-state index in [0.29, 0.717) is 6.04 Å². The quantitative estimate of drug-likeness (QED) is 0.753. The summed E-state index contributed by atoms with van der Waals surface area (Å²) in [5, 5.41) is 3.28. The van der Waals surface area contributed by atoms with Crippen LogP contribution in [0.3, 0.4) is 0 Å². The van der Waals surface area contributed by atoms with Crippen LogP contribution in [0.5, 0.6) is 0 Å². The van der Waals surface area contributed by atoms with Crippen LogP contribution in [-0.2, 0) is 13.1 Å². The summed E-state index contributed by atoms with van der Waals surface area (Å²) in [7, 11) is 0. The summed E-state index contributed by atoms with van der Waals surface area (Å²) in [6.45, 7) is 8.53. The van der Waals surface area contributed by atoms with Crippen LogP contribution in [0.2, 0.25) is 0 Å². The van der Waals surface area contributed by atoms with E-state index in [0.717, 1.165) is 19.6 Å². The summed E-state index contributed by atoms with van der Waals surface area (Å²) >= 11 is 0. The maximum atomic E-state index is 11.6. The Morgan fingerprint density at radius 3 is 2.50 bits per heavy atom. The fraction of sp³-hybridized carbons (Fsp3) is 0.700. The van der Waals surface area contributed by atoms with Crippen LogP contribution in [0.1, 0.15) is 20.8 Å². The van der Waals surface area contributed by atoms with Gasteiger partial charge in [0, 0.05) is 31.5 Å². The van der Waals surface area contributed by atoms with E-state index in [-0.39, 0.29) is 5.69 Å². The van der Waals surface area contributed by atoms with Gasteiger partial charge in [-0.25, -0.2) is 4.79 Å². The lowest BCUT2D eigenvalue weighted by Gasteiger charge is -2.11. The van der Waals surface area contributed by atoms with Gasteiger partial charge < -0.3 is 5.32 Å². The van der Waals surface area contributed by atoms with Crippen LogP contribution in [-0.4, -0.2) is 21.7 Å². The summed E-state index contributed by atoms with van der Waals surface area (Å²) in [4.78, 5) is 11.6. The number of aryl methyl sites for hydroxylation is 1. The maximum Gasteiger partial charge on any atom is 0.328 e. The Balaban J connectivity index is 2.67. The highest BCUT2D eigenvalue weighted by Crippen LogP contribution is 1.89. The molecular weight excluding hydrogens is 178 g/mol. The molecule has 4 heteroatoms. The van der Waals surface area contributed by atoms with Gasteiger partial charge in [0.05, 0.1) is 0 Å². The predicted octanol–water partition coefficient (Wildman–Crippen LogP) is 0.668. The lowest BCUT2D eigenvalue weighted by Crippen LogP contribution is -2.34. The molecule has 14 heavy (non-hydrogen) atoms. The van der Waals surface area contributed by atoms with Crippen LogP contribution < -0.4 is 11.0 Å². The minimum absolute atomic E-state index is 0.0808. The zero-order chi connectivity index (χ0) is 10.6. The molecule has 1 rings (SSSR count). The van der Waals surface area contributed by atoms with Gasteiger partial charge in [0.15, 0.2) is 0 Å². The Morgan fingerprint density at radius 1 is 1.36 bits per heavy atom. The van der Waals surface area contributed by atoms with Gasteiger partial charge in [-0.2, -0.15) is 0 Å². The molecule has 4 nitrogen and oxygen atoms in total. The number of imidazole rings is 1. The van der Waals surface area contributed by atoms with E-state index in [1.165, 1.54) is 0 Å². The van der Waals surface area contributed by atoms with Crippen molar-refractivity contribution < 1.29 is 0 Å². The van der Waals surface area contributed by atoms with Gasteiger partial charge >= 0.3 is 5.69 Å². The van der Waals surface area contributed by atoms with Crippen molar-refractivity contribution in [2.24, 2.45) is 0 Å². The molecule has 0 radical (unpaired) electrons. The van der Waals surface area contributed by atoms with E-state index >= 15 is 0 Å². The van der Waals surface area contributed by atoms with Crippen molar-refractivity contribution in [3.8, 4) is 0 Å². The third kappa shape index (κ3) is 2.48. The molecule has 0 aliphatic carbocycles. The smallest absolute Gasteiger partial charge is 0.313 e. The first kappa shape index (κ1) is 11.0. The number of aromatic nitrogens is 2. The number of hydrogen-bond acceptors (Lipinski definition) is 2. The second-order valence-electron chi connectivity index (χ2n) is 3.48. The number of likely N-dealkylation sites (N-methyl/N-ethyl adjacent to an activating group) is 1. The molecule has 0 aromatic carbocycles. The van der Waals surface area contributed by atoms with Crippen LogP contribution in [0, 0.1) is 0 Å². The van der Waals surface area contributed by atoms with E-state index in [4.69, 9.17) is 0 Å². The van der Waals surface area contributed by atoms with Gasteiger partial charge in [-0.15, -0.1) is 0 Å². The first-order valence-corrected chi connectivity index (χ1v) is 5.18. The number of nitrogens with one attached hydrogen (secondary N) is 1. The minimum atomic E-state index is 0.0808. The molecule has 1 aromatic rings. The SMILES string of the molecule is CCNC(C)Cn1ccn(CC)c1=O. The van der Waals surface area contributed by atoms with Crippen molar-refractivity contribution in [1.82, 2.24) is 14.5 Å². The zero-order valence-electron chi connectivity index (χ0n) is 9.16. The number of hydrogen-bond donors (Lipinski definition) is 1. The van der Waals surface area contributed by atoms with Crippen LogP contribution in [0.4, 0.5) is 0 Å². The third-order valence-corrected chi connectivity index (χ3v) is 2.28. The van der Waals surface area contributed by atoms with Crippen LogP contribution >= 0.6 is 0 Å². The number of rotatable bonds is 5. The lowest BCUT2D eigenvalue weighted by molar-refractivity contribution is 0.476. The van der Waals surface area contributed by atoms with Crippen molar-refractivity contribution in [3.63, 3.8) is 0 Å². The van der Waals surface area contributed by atoms with E-state index < -0.39 is 0 Å². The zero-order valence-corrected chi connectivity index (χ0v) is 9.16. The van der Waals surface area contributed by atoms with Gasteiger partial charge in [-0.3, -0.25) is 9.13 Å². The summed E-state index contributed by atoms with van der Waals surface area (Å²) in [5.74, 6) is 0. The Bertz CT molecular complexity index is 326. The molecule has 0 saturated carbocycles. The van der Waals surface area contributed by atoms with Crippen molar-refractivity contribution in [2.75, 3.05) is 6.54 Å². The van der Waals surface area contributed by atoms with E-state index in [2.05, 4.69) is 19.2 Å². The fourth-order valence-electron chi connectivity index (χ4n) is 1.54. The normalized spacial score (nSPS) is 13.1. The van der Waals surface area contributed by atoms with Gasteiger partial charge in [-0.1, -0.05) is 6.92 Å². The summed E-state index contributed by atoms with van der Waals surface area (Å²) in [6.07, 6.45) is 3.68. The average molecular weight is 197 g/mol. The van der Waals surface area contributed by atoms with Crippen molar-refractivity contribution in [3.05, 3.63) is 22.9 Å². The molecule has 80 valence electrons. The standard InChI is InChI=1S/C10H19N3O/c1-4-11-9(3)8-13-7-6-12(5-2)10(13)14/h6-7,9,11H,4-5,8H2,1-3H3. The van der Waals surface area contributed by atoms with Gasteiger partial charge in [0.25, 0.3) is 0 Å². The molecule has 0 amide bonds. The number of nitrogens with zero attached hydrogens (tertiary/aromatic N) is 2. The van der Waals surface area contributed by atoms with Crippen molar-refractivity contribution in [2.45, 2.75) is 39.9 Å². The Hall–Kier alpha value is -1.03. The van der Waals surface area contributed by atoms with Crippen LogP contribution in [0.25, 0.3) is 0 Å². The Kier molecular flexibility index (Phi) is 3.95. The molecule has 0 fully saturated rings. The van der Waals surface area contributed by atoms with E-state index in [1.54, 1.807) is 9.13 Å². The summed E-state index contributed by atoms with van der Waals surface area (Å²) in [5.41, 5.74) is 0.0808. The molecule has 1 unspecified atom stereocenters. The van der Waals surface area contributed by atoms with E-state index in [1.807, 2.05) is 19.3 Å². The predicted molar refractivity (Wildman–Crippen MR) is 57.5 cm³/mol. The fourth-order valence-corrected chi connectivity index (χ4v) is 1.54. The molecule has 1 atom stereocenters. The molecule has 1 aromatic heterocycles. The largest absolute Gasteiger partial charge is 0.328 e. The van der Waals surface area contributed by atoms with Gasteiger partial charge in [-0.05, 0) is 20.4 Å². The monoisotopic (exact) mass is 197 g/mol. The molecule has 1 N–H and O–H groups in total. The molecular formula is C10H19N3O. The maximum absolute atomic E-state index is 11.6. The molecule has 0 aliphatic rings. The molecule has 0 aliphatic heterocycles. The van der Waals surface area contributed by atoms with E-state index in [9.17, 15) is 4.79 Å². The van der Waals surface area contributed by atoms with Crippen molar-refractivity contribution in [1.29, 1.82) is 0 Å². The molecule has 0 bridgehead atoms. The van der Waals surface area contributed by atoms with Gasteiger partial charge in [0.1, 0.15) is 0 Å². The van der Waals surface area contributed by atoms with Crippen LogP contribution in [0.15, 0.2) is 17.2 Å². The second kappa shape index (κ2) is 5.00. The Labute approximate surface area is 84.5 Å². The first-order chi connectivity index (χ1) is 6.69. The second-order valence-corrected chi connectivity index (χ2v) is 3.48. The summed E-state index contributed by atoms with van der Waals surface area (Å²) in [6, 6.07) is 0.338. The highest BCUT2D eigenvalue weighted by molar-refractivity contribution is 4.82. The third-order valence-electron chi connectivity index (χ3n) is 2.28. The molecule has 0 saturated heterocycles. The lowest BCUT2D eigenvalue weighted by atomic mass is 10.3. The van der Waals surface area contributed by atoms with Gasteiger partial charge in [0.2, 0.25) is 0 Å². The highest BCUT2D eigenvalue weighted by Gasteiger charge is 2.05. The first-order valence-electron chi connectivity index (χ1n) is 5.18. The highest BCUT2D eigenvalue weighted by atomic mass is 16.1. The molecule has 1 heterocycles. The van der Waals surface area contributed by atoms with Crippen molar-refractivity contribution >= 4 is 0 Å². The topological polar surface area (TPSA) is 39.0 Å². The average Bonchev–Trinajstić information content (AvgIpc) is 2.48. The Morgan fingerprint density at radius 2 is 2.00 bits per heavy atom. The molecule has 0 spiro atoms. The summed E-state index contributed by atoms with van der Waals surface area (Å²) < 4.78 is 3.45.